The van der Waals surface area contributed by atoms with Gasteiger partial charge in [-0.3, -0.25) is 15.1 Å². The Kier molecular flexibility index (Phi) is 5.93. The van der Waals surface area contributed by atoms with Crippen molar-refractivity contribution in [2.24, 2.45) is 10.1 Å². The first-order valence-corrected chi connectivity index (χ1v) is 11.5. The molecule has 9 heteroatoms. The first kappa shape index (κ1) is 22.0. The quantitative estimate of drug-likeness (QED) is 0.613. The Labute approximate surface area is 199 Å². The summed E-state index contributed by atoms with van der Waals surface area (Å²) in [6, 6.07) is 19.5. The standard InChI is InChI=1S/C25H21FN4O3S/c1-32-20-13-7-10-17(22(20)33-2)23-27-19-12-6-4-9-16(19)21-24(31)28-25(29-30(21)23)34-14-15-8-3-5-11-18(15)26/h3-13,23H,14H2,1-2H3,(H,28,29,31)/t23-/m1/s1. The summed E-state index contributed by atoms with van der Waals surface area (Å²) in [6.07, 6.45) is -0.662. The number of ether oxygens (including phenoxy) is 2. The molecule has 1 amide bonds. The van der Waals surface area contributed by atoms with E-state index in [9.17, 15) is 9.18 Å². The molecule has 0 aliphatic carbocycles. The van der Waals surface area contributed by atoms with Crippen molar-refractivity contribution in [1.29, 1.82) is 0 Å². The van der Waals surface area contributed by atoms with Crippen LogP contribution in [0.5, 0.6) is 11.5 Å². The Morgan fingerprint density at radius 1 is 1.03 bits per heavy atom. The third-order valence-corrected chi connectivity index (χ3v) is 6.46. The lowest BCUT2D eigenvalue weighted by Crippen LogP contribution is -2.50. The molecule has 0 unspecified atom stereocenters. The van der Waals surface area contributed by atoms with Crippen molar-refractivity contribution in [3.63, 3.8) is 0 Å². The molecule has 3 aromatic rings. The highest BCUT2D eigenvalue weighted by atomic mass is 32.2. The molecule has 2 heterocycles. The number of halogens is 1. The largest absolute Gasteiger partial charge is 0.493 e. The number of hydrazone groups is 1. The average molecular weight is 477 g/mol. The molecule has 2 aliphatic heterocycles. The summed E-state index contributed by atoms with van der Waals surface area (Å²) in [5.74, 6) is 0.774. The molecule has 5 rings (SSSR count). The first-order valence-electron chi connectivity index (χ1n) is 10.5. The summed E-state index contributed by atoms with van der Waals surface area (Å²) in [5, 5.41) is 10.9. The molecule has 0 saturated heterocycles. The van der Waals surface area contributed by atoms with Crippen molar-refractivity contribution in [2.75, 3.05) is 14.2 Å². The summed E-state index contributed by atoms with van der Waals surface area (Å²) in [5.41, 5.74) is 1.61. The Morgan fingerprint density at radius 2 is 1.82 bits per heavy atom. The van der Waals surface area contributed by atoms with E-state index in [0.29, 0.717) is 49.8 Å². The van der Waals surface area contributed by atoms with E-state index >= 15 is 0 Å². The lowest BCUT2D eigenvalue weighted by atomic mass is 10.1. The molecule has 2 aliphatic rings. The van der Waals surface area contributed by atoms with Gasteiger partial charge in [0.05, 0.1) is 19.6 Å². The number of nitrogens with zero attached hydrogens (tertiary/aromatic N) is 3. The topological polar surface area (TPSA) is 75.5 Å². The van der Waals surface area contributed by atoms with Crippen molar-refractivity contribution >= 4 is 28.5 Å². The minimum atomic E-state index is -0.662. The molecule has 7 nitrogen and oxygen atoms in total. The maximum Gasteiger partial charge on any atom is 0.276 e. The second kappa shape index (κ2) is 9.18. The monoisotopic (exact) mass is 476 g/mol. The predicted molar refractivity (Wildman–Crippen MR) is 128 cm³/mol. The second-order valence-corrected chi connectivity index (χ2v) is 8.50. The van der Waals surface area contributed by atoms with Crippen LogP contribution in [0.3, 0.4) is 0 Å². The van der Waals surface area contributed by atoms with E-state index < -0.39 is 6.17 Å². The smallest absolute Gasteiger partial charge is 0.276 e. The molecule has 1 N–H and O–H groups in total. The van der Waals surface area contributed by atoms with Crippen LogP contribution in [-0.2, 0) is 10.5 Å². The van der Waals surface area contributed by atoms with Crippen molar-refractivity contribution in [1.82, 2.24) is 10.3 Å². The lowest BCUT2D eigenvalue weighted by molar-refractivity contribution is -0.116. The van der Waals surface area contributed by atoms with E-state index in [1.807, 2.05) is 36.4 Å². The number of amides is 1. The SMILES string of the molecule is COc1cccc([C@@H]2N=c3ccccc3=C3C(=O)NC(SCc4ccccc4F)=NN32)c1OC. The third-order valence-electron chi connectivity index (χ3n) is 5.55. The van der Waals surface area contributed by atoms with Crippen molar-refractivity contribution in [3.05, 3.63) is 94.3 Å². The van der Waals surface area contributed by atoms with Crippen LogP contribution in [0.2, 0.25) is 0 Å². The van der Waals surface area contributed by atoms with E-state index in [0.717, 1.165) is 0 Å². The van der Waals surface area contributed by atoms with Crippen LogP contribution in [0, 0.1) is 5.82 Å². The van der Waals surface area contributed by atoms with Crippen molar-refractivity contribution in [3.8, 4) is 11.5 Å². The second-order valence-electron chi connectivity index (χ2n) is 7.54. The van der Waals surface area contributed by atoms with Crippen LogP contribution >= 0.6 is 11.8 Å². The summed E-state index contributed by atoms with van der Waals surface area (Å²) in [4.78, 5) is 18.2. The van der Waals surface area contributed by atoms with E-state index in [1.165, 1.54) is 17.8 Å². The number of rotatable bonds is 5. The number of nitrogens with one attached hydrogen (secondary N) is 1. The lowest BCUT2D eigenvalue weighted by Gasteiger charge is -2.34. The van der Waals surface area contributed by atoms with Crippen LogP contribution in [0.15, 0.2) is 76.8 Å². The van der Waals surface area contributed by atoms with Gasteiger partial charge in [0, 0.05) is 16.5 Å². The van der Waals surface area contributed by atoms with Crippen LogP contribution in [-0.4, -0.2) is 30.3 Å². The number of hydrogen-bond donors (Lipinski definition) is 1. The molecule has 0 spiro atoms. The predicted octanol–water partition coefficient (Wildman–Crippen LogP) is 2.92. The number of hydrogen-bond acceptors (Lipinski definition) is 7. The van der Waals surface area contributed by atoms with E-state index in [2.05, 4.69) is 5.32 Å². The normalized spacial score (nSPS) is 16.6. The van der Waals surface area contributed by atoms with E-state index in [1.54, 1.807) is 43.5 Å². The summed E-state index contributed by atoms with van der Waals surface area (Å²) < 4.78 is 25.2. The number of thioether (sulfide) groups is 1. The number of carbonyl (C=O) groups excluding carboxylic acids is 1. The first-order chi connectivity index (χ1) is 16.6. The van der Waals surface area contributed by atoms with Crippen molar-refractivity contribution < 1.29 is 18.7 Å². The van der Waals surface area contributed by atoms with Crippen LogP contribution in [0.25, 0.3) is 5.70 Å². The molecule has 3 aromatic carbocycles. The minimum absolute atomic E-state index is 0.300. The molecule has 1 atom stereocenters. The van der Waals surface area contributed by atoms with Crippen molar-refractivity contribution in [2.45, 2.75) is 11.9 Å². The van der Waals surface area contributed by atoms with Gasteiger partial charge in [-0.25, -0.2) is 9.40 Å². The van der Waals surface area contributed by atoms with E-state index in [-0.39, 0.29) is 11.7 Å². The Bertz CT molecular complexity index is 1430. The highest BCUT2D eigenvalue weighted by Gasteiger charge is 2.36. The summed E-state index contributed by atoms with van der Waals surface area (Å²) in [7, 11) is 3.13. The average Bonchev–Trinajstić information content (AvgIpc) is 2.87. The zero-order chi connectivity index (χ0) is 23.7. The maximum absolute atomic E-state index is 14.1. The number of amidine groups is 1. The molecule has 172 valence electrons. The zero-order valence-corrected chi connectivity index (χ0v) is 19.3. The molecular formula is C25H21FN4O3S. The molecule has 34 heavy (non-hydrogen) atoms. The fraction of sp³-hybridized carbons (Fsp3) is 0.160. The summed E-state index contributed by atoms with van der Waals surface area (Å²) >= 11 is 1.25. The van der Waals surface area contributed by atoms with Gasteiger partial charge in [-0.15, -0.1) is 5.10 Å². The fourth-order valence-corrected chi connectivity index (χ4v) is 4.81. The van der Waals surface area contributed by atoms with Crippen LogP contribution in [0.4, 0.5) is 4.39 Å². The number of carbonyl (C=O) groups is 1. The van der Waals surface area contributed by atoms with E-state index in [4.69, 9.17) is 19.6 Å². The summed E-state index contributed by atoms with van der Waals surface area (Å²) in [6.45, 7) is 0. The molecule has 0 aromatic heterocycles. The highest BCUT2D eigenvalue weighted by molar-refractivity contribution is 8.13. The molecule has 0 saturated carbocycles. The van der Waals surface area contributed by atoms with Gasteiger partial charge in [0.15, 0.2) is 22.8 Å². The third kappa shape index (κ3) is 3.88. The highest BCUT2D eigenvalue weighted by Crippen LogP contribution is 2.40. The maximum atomic E-state index is 14.1. The zero-order valence-electron chi connectivity index (χ0n) is 18.5. The minimum Gasteiger partial charge on any atom is -0.493 e. The van der Waals surface area contributed by atoms with Gasteiger partial charge in [-0.2, -0.15) is 0 Å². The van der Waals surface area contributed by atoms with Crippen LogP contribution in [0.1, 0.15) is 17.3 Å². The Balaban J connectivity index is 1.61. The van der Waals surface area contributed by atoms with Gasteiger partial charge in [-0.05, 0) is 23.8 Å². The van der Waals surface area contributed by atoms with Gasteiger partial charge in [0.25, 0.3) is 5.91 Å². The number of methoxy groups -OCH3 is 2. The number of fused-ring (bicyclic) bond motifs is 2. The van der Waals surface area contributed by atoms with Gasteiger partial charge in [-0.1, -0.05) is 60.3 Å². The number of para-hydroxylation sites is 2. The fourth-order valence-electron chi connectivity index (χ4n) is 3.97. The van der Waals surface area contributed by atoms with Gasteiger partial charge in [0.2, 0.25) is 0 Å². The van der Waals surface area contributed by atoms with Gasteiger partial charge in [0.1, 0.15) is 11.5 Å². The molecular weight excluding hydrogens is 455 g/mol. The van der Waals surface area contributed by atoms with Gasteiger partial charge >= 0.3 is 0 Å². The molecule has 0 bridgehead atoms. The Hall–Kier alpha value is -3.85. The van der Waals surface area contributed by atoms with Gasteiger partial charge < -0.3 is 9.47 Å². The van der Waals surface area contributed by atoms with Crippen LogP contribution < -0.4 is 25.4 Å². The molecule has 0 radical (unpaired) electrons. The number of benzene rings is 3. The molecule has 0 fully saturated rings. The Morgan fingerprint density at radius 3 is 2.62 bits per heavy atom.